The van der Waals surface area contributed by atoms with E-state index in [-0.39, 0.29) is 36.1 Å². The number of carbonyl (C=O) groups excluding carboxylic acids is 1. The van der Waals surface area contributed by atoms with Crippen molar-refractivity contribution in [2.45, 2.75) is 50.5 Å². The van der Waals surface area contributed by atoms with E-state index < -0.39 is 9.84 Å². The smallest absolute Gasteiger partial charge is 0.229 e. The normalized spacial score (nSPS) is 23.4. The van der Waals surface area contributed by atoms with Crippen LogP contribution in [-0.2, 0) is 21.2 Å². The third kappa shape index (κ3) is 7.40. The van der Waals surface area contributed by atoms with Crippen molar-refractivity contribution < 1.29 is 13.2 Å². The van der Waals surface area contributed by atoms with Crippen LogP contribution in [0.4, 0.5) is 0 Å². The summed E-state index contributed by atoms with van der Waals surface area (Å²) in [5.41, 5.74) is 2.23. The van der Waals surface area contributed by atoms with E-state index in [0.717, 1.165) is 70.6 Å². The topological polar surface area (TPSA) is 60.9 Å². The van der Waals surface area contributed by atoms with Gasteiger partial charge in [0.15, 0.2) is 9.84 Å². The molecule has 40 heavy (non-hydrogen) atoms. The number of hydrogen-bond donors (Lipinski definition) is 0. The van der Waals surface area contributed by atoms with Gasteiger partial charge in [0.1, 0.15) is 0 Å². The molecule has 1 spiro atoms. The van der Waals surface area contributed by atoms with E-state index in [1.54, 1.807) is 12.1 Å². The lowest BCUT2D eigenvalue weighted by atomic mass is 9.76. The highest BCUT2D eigenvalue weighted by molar-refractivity contribution is 7.90. The molecule has 0 aromatic heterocycles. The standard InChI is InChI=1S/C31H43N3O3S.2ClH/c1-24(2)19-33-22-27(29(23-33)26-7-5-4-6-8-26)21-32-16-13-31(14-17-32)15-18-34(30(31)35)20-25-9-11-28(12-10-25)38(3,36)37;;/h4-12,24,27,29H,13-23H2,1-3H3;2*1H/t27-,29?;;/m0../s1. The van der Waals surface area contributed by atoms with Crippen LogP contribution in [0.1, 0.15) is 50.2 Å². The van der Waals surface area contributed by atoms with Crippen molar-refractivity contribution in [1.82, 2.24) is 14.7 Å². The first-order valence-electron chi connectivity index (χ1n) is 14.2. The van der Waals surface area contributed by atoms with Gasteiger partial charge in [0.2, 0.25) is 5.91 Å². The number of hydrogen-bond acceptors (Lipinski definition) is 5. The fraction of sp³-hybridized carbons (Fsp3) is 0.581. The molecule has 1 unspecified atom stereocenters. The molecule has 9 heteroatoms. The zero-order valence-corrected chi connectivity index (χ0v) is 26.4. The van der Waals surface area contributed by atoms with Gasteiger partial charge in [-0.15, -0.1) is 24.8 Å². The van der Waals surface area contributed by atoms with Crippen LogP contribution in [0.25, 0.3) is 0 Å². The first-order valence-corrected chi connectivity index (χ1v) is 16.1. The molecular weight excluding hydrogens is 565 g/mol. The summed E-state index contributed by atoms with van der Waals surface area (Å²) in [5, 5.41) is 0. The molecule has 3 saturated heterocycles. The SMILES string of the molecule is CC(C)CN1CC(c2ccccc2)[C@@H](CN2CCC3(CC2)CCN(Cc2ccc(S(C)(=O)=O)cc2)C3=O)C1.Cl.Cl. The van der Waals surface area contributed by atoms with Gasteiger partial charge in [-0.05, 0) is 67.4 Å². The van der Waals surface area contributed by atoms with Crippen LogP contribution >= 0.6 is 24.8 Å². The summed E-state index contributed by atoms with van der Waals surface area (Å²) in [4.78, 5) is 21.1. The molecule has 2 aromatic carbocycles. The van der Waals surface area contributed by atoms with Crippen molar-refractivity contribution in [3.8, 4) is 0 Å². The zero-order chi connectivity index (χ0) is 26.9. The number of sulfone groups is 1. The Morgan fingerprint density at radius 2 is 1.50 bits per heavy atom. The summed E-state index contributed by atoms with van der Waals surface area (Å²) >= 11 is 0. The molecule has 5 rings (SSSR count). The highest BCUT2D eigenvalue weighted by Gasteiger charge is 2.48. The molecule has 3 fully saturated rings. The second-order valence-corrected chi connectivity index (χ2v) is 14.4. The summed E-state index contributed by atoms with van der Waals surface area (Å²) in [6, 6.07) is 18.0. The zero-order valence-electron chi connectivity index (χ0n) is 24.0. The predicted octanol–water partition coefficient (Wildman–Crippen LogP) is 5.12. The maximum atomic E-state index is 13.6. The predicted molar refractivity (Wildman–Crippen MR) is 166 cm³/mol. The fourth-order valence-electron chi connectivity index (χ4n) is 6.95. The van der Waals surface area contributed by atoms with Gasteiger partial charge in [-0.1, -0.05) is 56.3 Å². The second-order valence-electron chi connectivity index (χ2n) is 12.4. The Hall–Kier alpha value is -1.64. The Labute approximate surface area is 253 Å². The minimum Gasteiger partial charge on any atom is -0.338 e. The van der Waals surface area contributed by atoms with E-state index in [0.29, 0.717) is 29.2 Å². The van der Waals surface area contributed by atoms with Crippen LogP contribution in [0.2, 0.25) is 0 Å². The second kappa shape index (κ2) is 13.6. The molecule has 2 aromatic rings. The third-order valence-corrected chi connectivity index (χ3v) is 10.1. The molecule has 0 bridgehead atoms. The quantitative estimate of drug-likeness (QED) is 0.416. The third-order valence-electron chi connectivity index (χ3n) is 9.00. The van der Waals surface area contributed by atoms with Crippen LogP contribution in [0.15, 0.2) is 59.5 Å². The molecule has 0 radical (unpaired) electrons. The molecule has 2 atom stereocenters. The number of carbonyl (C=O) groups is 1. The van der Waals surface area contributed by atoms with Crippen molar-refractivity contribution in [2.75, 3.05) is 52.1 Å². The van der Waals surface area contributed by atoms with Gasteiger partial charge in [-0.2, -0.15) is 0 Å². The lowest BCUT2D eigenvalue weighted by Gasteiger charge is -2.39. The lowest BCUT2D eigenvalue weighted by Crippen LogP contribution is -2.46. The maximum absolute atomic E-state index is 13.6. The Morgan fingerprint density at radius 3 is 2.10 bits per heavy atom. The molecule has 1 amide bonds. The molecule has 6 nitrogen and oxygen atoms in total. The molecule has 3 heterocycles. The number of nitrogens with zero attached hydrogens (tertiary/aromatic N) is 3. The van der Waals surface area contributed by atoms with Crippen molar-refractivity contribution in [3.05, 3.63) is 65.7 Å². The summed E-state index contributed by atoms with van der Waals surface area (Å²) in [6.45, 7) is 12.5. The summed E-state index contributed by atoms with van der Waals surface area (Å²) in [6.07, 6.45) is 4.03. The van der Waals surface area contributed by atoms with E-state index in [9.17, 15) is 13.2 Å². The van der Waals surface area contributed by atoms with Crippen LogP contribution < -0.4 is 0 Å². The van der Waals surface area contributed by atoms with Crippen LogP contribution in [0.5, 0.6) is 0 Å². The molecule has 0 N–H and O–H groups in total. The summed E-state index contributed by atoms with van der Waals surface area (Å²) in [5.74, 6) is 2.16. The molecule has 222 valence electrons. The van der Waals surface area contributed by atoms with Crippen molar-refractivity contribution in [3.63, 3.8) is 0 Å². The Morgan fingerprint density at radius 1 is 0.875 bits per heavy atom. The first kappa shape index (κ1) is 32.9. The van der Waals surface area contributed by atoms with Gasteiger partial charge in [0.25, 0.3) is 0 Å². The lowest BCUT2D eigenvalue weighted by molar-refractivity contribution is -0.139. The van der Waals surface area contributed by atoms with Gasteiger partial charge in [-0.25, -0.2) is 8.42 Å². The number of likely N-dealkylation sites (tertiary alicyclic amines) is 3. The van der Waals surface area contributed by atoms with Crippen molar-refractivity contribution in [1.29, 1.82) is 0 Å². The minimum atomic E-state index is -3.21. The van der Waals surface area contributed by atoms with Crippen LogP contribution in [0.3, 0.4) is 0 Å². The fourth-order valence-corrected chi connectivity index (χ4v) is 7.58. The number of benzene rings is 2. The average molecular weight is 611 g/mol. The molecule has 0 aliphatic carbocycles. The summed E-state index contributed by atoms with van der Waals surface area (Å²) in [7, 11) is -3.21. The van der Waals surface area contributed by atoms with Gasteiger partial charge in [-0.3, -0.25) is 4.79 Å². The summed E-state index contributed by atoms with van der Waals surface area (Å²) < 4.78 is 23.5. The number of rotatable bonds is 8. The Kier molecular flexibility index (Phi) is 11.1. The van der Waals surface area contributed by atoms with Crippen molar-refractivity contribution in [2.24, 2.45) is 17.3 Å². The first-order chi connectivity index (χ1) is 18.1. The molecular formula is C31H45Cl2N3O3S. The number of halogens is 2. The maximum Gasteiger partial charge on any atom is 0.229 e. The van der Waals surface area contributed by atoms with Crippen LogP contribution in [-0.4, -0.2) is 81.1 Å². The highest BCUT2D eigenvalue weighted by atomic mass is 35.5. The monoisotopic (exact) mass is 609 g/mol. The van der Waals surface area contributed by atoms with E-state index in [4.69, 9.17) is 0 Å². The molecule has 3 aliphatic rings. The molecule has 3 aliphatic heterocycles. The Balaban J connectivity index is 0.00000220. The van der Waals surface area contributed by atoms with Crippen molar-refractivity contribution >= 4 is 40.6 Å². The minimum absolute atomic E-state index is 0. The van der Waals surface area contributed by atoms with E-state index >= 15 is 0 Å². The molecule has 0 saturated carbocycles. The van der Waals surface area contributed by atoms with E-state index in [1.165, 1.54) is 11.8 Å². The van der Waals surface area contributed by atoms with Gasteiger partial charge in [0, 0.05) is 51.4 Å². The van der Waals surface area contributed by atoms with Gasteiger partial charge < -0.3 is 14.7 Å². The van der Waals surface area contributed by atoms with E-state index in [2.05, 4.69) is 54.0 Å². The van der Waals surface area contributed by atoms with Gasteiger partial charge in [0.05, 0.1) is 10.3 Å². The number of amides is 1. The largest absolute Gasteiger partial charge is 0.338 e. The Bertz CT molecular complexity index is 1220. The van der Waals surface area contributed by atoms with Gasteiger partial charge >= 0.3 is 0 Å². The highest BCUT2D eigenvalue weighted by Crippen LogP contribution is 2.43. The average Bonchev–Trinajstić information content (AvgIpc) is 3.41. The van der Waals surface area contributed by atoms with E-state index in [1.807, 2.05) is 17.0 Å². The van der Waals surface area contributed by atoms with Crippen LogP contribution in [0, 0.1) is 17.3 Å². The number of piperidine rings is 1.